The van der Waals surface area contributed by atoms with Crippen LogP contribution in [-0.2, 0) is 0 Å². The highest BCUT2D eigenvalue weighted by Crippen LogP contribution is 2.22. The van der Waals surface area contributed by atoms with Gasteiger partial charge in [0.25, 0.3) is 5.91 Å². The first-order valence-electron chi connectivity index (χ1n) is 7.95. The van der Waals surface area contributed by atoms with Crippen LogP contribution in [0, 0.1) is 5.92 Å². The molecule has 1 aromatic carbocycles. The molecular formula is C19H21N3O. The summed E-state index contributed by atoms with van der Waals surface area (Å²) in [5, 5.41) is 4.04. The lowest BCUT2D eigenvalue weighted by Gasteiger charge is -2.08. The summed E-state index contributed by atoms with van der Waals surface area (Å²) in [6.07, 6.45) is 4.72. The number of pyridine rings is 1. The van der Waals surface area contributed by atoms with Gasteiger partial charge in [-0.05, 0) is 42.2 Å². The van der Waals surface area contributed by atoms with Crippen molar-refractivity contribution in [3.05, 3.63) is 54.4 Å². The monoisotopic (exact) mass is 307 g/mol. The molecule has 0 atom stereocenters. The third-order valence-corrected chi connectivity index (χ3v) is 3.89. The van der Waals surface area contributed by atoms with Gasteiger partial charge in [-0.1, -0.05) is 26.0 Å². The number of fused-ring (bicyclic) bond motifs is 1. The number of H-pyrrole nitrogens is 1. The molecule has 118 valence electrons. The molecule has 23 heavy (non-hydrogen) atoms. The highest BCUT2D eigenvalue weighted by molar-refractivity contribution is 5.94. The van der Waals surface area contributed by atoms with E-state index in [1.165, 1.54) is 0 Å². The van der Waals surface area contributed by atoms with Gasteiger partial charge in [-0.2, -0.15) is 0 Å². The van der Waals surface area contributed by atoms with Gasteiger partial charge in [-0.3, -0.25) is 4.79 Å². The Morgan fingerprint density at radius 2 is 1.96 bits per heavy atom. The van der Waals surface area contributed by atoms with Gasteiger partial charge in [-0.25, -0.2) is 4.98 Å². The minimum absolute atomic E-state index is 0.0172. The van der Waals surface area contributed by atoms with Crippen molar-refractivity contribution < 1.29 is 4.79 Å². The minimum atomic E-state index is -0.0172. The molecule has 0 aliphatic heterocycles. The fraction of sp³-hybridized carbons (Fsp3) is 0.263. The zero-order valence-electron chi connectivity index (χ0n) is 13.5. The smallest absolute Gasteiger partial charge is 0.251 e. The van der Waals surface area contributed by atoms with Crippen molar-refractivity contribution in [2.24, 2.45) is 5.92 Å². The van der Waals surface area contributed by atoms with Crippen LogP contribution < -0.4 is 5.32 Å². The molecule has 0 aliphatic rings. The fourth-order valence-corrected chi connectivity index (χ4v) is 2.49. The van der Waals surface area contributed by atoms with Crippen LogP contribution in [0.3, 0.4) is 0 Å². The maximum atomic E-state index is 12.1. The number of nitrogens with zero attached hydrogens (tertiary/aromatic N) is 1. The van der Waals surface area contributed by atoms with Crippen molar-refractivity contribution in [3.63, 3.8) is 0 Å². The summed E-state index contributed by atoms with van der Waals surface area (Å²) in [5.41, 5.74) is 3.67. The lowest BCUT2D eigenvalue weighted by atomic mass is 10.0. The van der Waals surface area contributed by atoms with Gasteiger partial charge in [0.2, 0.25) is 0 Å². The van der Waals surface area contributed by atoms with E-state index in [1.54, 1.807) is 0 Å². The molecule has 0 saturated heterocycles. The molecule has 0 aliphatic carbocycles. The summed E-state index contributed by atoms with van der Waals surface area (Å²) >= 11 is 0. The van der Waals surface area contributed by atoms with Gasteiger partial charge >= 0.3 is 0 Å². The highest BCUT2D eigenvalue weighted by atomic mass is 16.1. The molecule has 0 saturated carbocycles. The third kappa shape index (κ3) is 3.59. The molecule has 3 aromatic rings. The summed E-state index contributed by atoms with van der Waals surface area (Å²) in [6.45, 7) is 5.01. The van der Waals surface area contributed by atoms with Crippen LogP contribution >= 0.6 is 0 Å². The van der Waals surface area contributed by atoms with E-state index in [0.29, 0.717) is 18.0 Å². The first-order chi connectivity index (χ1) is 11.1. The van der Waals surface area contributed by atoms with Crippen LogP contribution in [0.5, 0.6) is 0 Å². The van der Waals surface area contributed by atoms with E-state index in [-0.39, 0.29) is 5.91 Å². The molecule has 2 heterocycles. The number of carbonyl (C=O) groups excluding carboxylic acids is 1. The number of nitrogens with one attached hydrogen (secondary N) is 2. The number of carbonyl (C=O) groups is 1. The van der Waals surface area contributed by atoms with E-state index in [0.717, 1.165) is 28.6 Å². The van der Waals surface area contributed by atoms with Gasteiger partial charge in [0.1, 0.15) is 5.65 Å². The lowest BCUT2D eigenvalue weighted by molar-refractivity contribution is 0.0952. The second kappa shape index (κ2) is 6.65. The topological polar surface area (TPSA) is 57.8 Å². The molecule has 2 N–H and O–H groups in total. The molecule has 0 bridgehead atoms. The van der Waals surface area contributed by atoms with Crippen molar-refractivity contribution >= 4 is 16.9 Å². The molecule has 1 amide bonds. The molecule has 0 unspecified atom stereocenters. The van der Waals surface area contributed by atoms with Crippen LogP contribution in [0.15, 0.2) is 48.8 Å². The van der Waals surface area contributed by atoms with E-state index in [9.17, 15) is 4.79 Å². The predicted octanol–water partition coefficient (Wildman–Crippen LogP) is 4.01. The van der Waals surface area contributed by atoms with Gasteiger partial charge in [0.05, 0.1) is 0 Å². The summed E-state index contributed by atoms with van der Waals surface area (Å²) in [6, 6.07) is 11.8. The van der Waals surface area contributed by atoms with Crippen LogP contribution in [0.4, 0.5) is 0 Å². The fourth-order valence-electron chi connectivity index (χ4n) is 2.49. The second-order valence-electron chi connectivity index (χ2n) is 6.16. The van der Waals surface area contributed by atoms with E-state index in [1.807, 2.05) is 42.7 Å². The van der Waals surface area contributed by atoms with Crippen molar-refractivity contribution in [1.29, 1.82) is 0 Å². The van der Waals surface area contributed by atoms with Crippen molar-refractivity contribution in [3.8, 4) is 11.1 Å². The Morgan fingerprint density at radius 3 is 2.70 bits per heavy atom. The van der Waals surface area contributed by atoms with Crippen molar-refractivity contribution in [2.45, 2.75) is 20.3 Å². The Morgan fingerprint density at radius 1 is 1.17 bits per heavy atom. The van der Waals surface area contributed by atoms with Crippen molar-refractivity contribution in [2.75, 3.05) is 6.54 Å². The first-order valence-corrected chi connectivity index (χ1v) is 7.95. The zero-order chi connectivity index (χ0) is 16.2. The second-order valence-corrected chi connectivity index (χ2v) is 6.16. The van der Waals surface area contributed by atoms with Gasteiger partial charge in [0, 0.05) is 35.5 Å². The molecule has 0 radical (unpaired) electrons. The summed E-state index contributed by atoms with van der Waals surface area (Å²) in [5.74, 6) is 0.574. The molecule has 2 aromatic heterocycles. The molecule has 4 heteroatoms. The largest absolute Gasteiger partial charge is 0.352 e. The number of aromatic nitrogens is 2. The highest BCUT2D eigenvalue weighted by Gasteiger charge is 2.07. The molecular weight excluding hydrogens is 286 g/mol. The van der Waals surface area contributed by atoms with Crippen LogP contribution in [-0.4, -0.2) is 22.4 Å². The van der Waals surface area contributed by atoms with Gasteiger partial charge in [0.15, 0.2) is 0 Å². The number of hydrogen-bond donors (Lipinski definition) is 2. The predicted molar refractivity (Wildman–Crippen MR) is 93.3 cm³/mol. The van der Waals surface area contributed by atoms with E-state index in [2.05, 4.69) is 35.2 Å². The Balaban J connectivity index is 1.72. The van der Waals surface area contributed by atoms with Crippen LogP contribution in [0.25, 0.3) is 22.2 Å². The number of amides is 1. The average molecular weight is 307 g/mol. The molecule has 3 rings (SSSR count). The van der Waals surface area contributed by atoms with Crippen LogP contribution in [0.2, 0.25) is 0 Å². The Hall–Kier alpha value is -2.62. The maximum absolute atomic E-state index is 12.1. The number of aromatic amines is 1. The molecule has 4 nitrogen and oxygen atoms in total. The van der Waals surface area contributed by atoms with Crippen LogP contribution in [0.1, 0.15) is 30.6 Å². The minimum Gasteiger partial charge on any atom is -0.352 e. The van der Waals surface area contributed by atoms with Crippen molar-refractivity contribution in [1.82, 2.24) is 15.3 Å². The summed E-state index contributed by atoms with van der Waals surface area (Å²) < 4.78 is 0. The standard InChI is InChI=1S/C19H21N3O/c1-13(2)7-9-21-19(23)15-5-3-14(4-6-15)17-11-16-8-10-20-18(16)22-12-17/h3-6,8,10-13H,7,9H2,1-2H3,(H,20,22)(H,21,23). The van der Waals surface area contributed by atoms with E-state index < -0.39 is 0 Å². The normalized spacial score (nSPS) is 11.1. The molecule has 0 fully saturated rings. The third-order valence-electron chi connectivity index (χ3n) is 3.89. The first kappa shape index (κ1) is 15.3. The number of rotatable bonds is 5. The van der Waals surface area contributed by atoms with E-state index in [4.69, 9.17) is 0 Å². The Kier molecular flexibility index (Phi) is 4.42. The quantitative estimate of drug-likeness (QED) is 0.748. The van der Waals surface area contributed by atoms with Gasteiger partial charge < -0.3 is 10.3 Å². The summed E-state index contributed by atoms with van der Waals surface area (Å²) in [7, 11) is 0. The van der Waals surface area contributed by atoms with Gasteiger partial charge in [-0.15, -0.1) is 0 Å². The Labute approximate surface area is 136 Å². The maximum Gasteiger partial charge on any atom is 0.251 e. The zero-order valence-corrected chi connectivity index (χ0v) is 13.5. The lowest BCUT2D eigenvalue weighted by Crippen LogP contribution is -2.25. The number of hydrogen-bond acceptors (Lipinski definition) is 2. The SMILES string of the molecule is CC(C)CCNC(=O)c1ccc(-c2cnc3[nH]ccc3c2)cc1. The summed E-state index contributed by atoms with van der Waals surface area (Å²) in [4.78, 5) is 19.6. The Bertz CT molecular complexity index is 803. The molecule has 0 spiro atoms. The van der Waals surface area contributed by atoms with E-state index >= 15 is 0 Å². The number of benzene rings is 1. The average Bonchev–Trinajstić information content (AvgIpc) is 3.02.